The van der Waals surface area contributed by atoms with Gasteiger partial charge < -0.3 is 10.5 Å². The standard InChI is InChI=1S/C21H21ClN4O4S2/c1-10-3-5-12-15(7-10)32-18-17(12)19(28)26(13-8-11(22)4-6-14(13)30-2)21(25-18)31-9-16(27)24-20(23)29/h4,6,8,10H,3,5,7,9H2,1-2H3,(H3,23,24,27,29)/t10-/m1/s1. The number of aryl methyl sites for hydroxylation is 1. The van der Waals surface area contributed by atoms with Crippen molar-refractivity contribution in [2.24, 2.45) is 11.7 Å². The van der Waals surface area contributed by atoms with Gasteiger partial charge in [-0.2, -0.15) is 0 Å². The monoisotopic (exact) mass is 492 g/mol. The molecular formula is C21H21ClN4O4S2. The van der Waals surface area contributed by atoms with Crippen molar-refractivity contribution in [2.75, 3.05) is 12.9 Å². The number of halogens is 1. The predicted octanol–water partition coefficient (Wildman–Crippen LogP) is 3.52. The van der Waals surface area contributed by atoms with E-state index in [1.807, 2.05) is 5.32 Å². The highest BCUT2D eigenvalue weighted by atomic mass is 35.5. The number of hydrogen-bond acceptors (Lipinski definition) is 7. The lowest BCUT2D eigenvalue weighted by Gasteiger charge is -2.18. The molecular weight excluding hydrogens is 472 g/mol. The zero-order valence-corrected chi connectivity index (χ0v) is 19.8. The summed E-state index contributed by atoms with van der Waals surface area (Å²) in [5.74, 6) is 0.267. The maximum atomic E-state index is 13.8. The number of methoxy groups -OCH3 is 1. The van der Waals surface area contributed by atoms with Crippen LogP contribution in [-0.4, -0.2) is 34.4 Å². The average molecular weight is 493 g/mol. The number of thioether (sulfide) groups is 1. The largest absolute Gasteiger partial charge is 0.495 e. The van der Waals surface area contributed by atoms with Crippen molar-refractivity contribution in [3.63, 3.8) is 0 Å². The Labute approximate surface area is 197 Å². The molecule has 1 aliphatic rings. The van der Waals surface area contributed by atoms with Gasteiger partial charge in [-0.1, -0.05) is 30.3 Å². The molecule has 0 fully saturated rings. The number of amides is 3. The van der Waals surface area contributed by atoms with Crippen molar-refractivity contribution < 1.29 is 14.3 Å². The molecule has 0 aliphatic heterocycles. The van der Waals surface area contributed by atoms with Crippen LogP contribution in [0.1, 0.15) is 23.8 Å². The van der Waals surface area contributed by atoms with Crippen LogP contribution in [0.4, 0.5) is 4.79 Å². The zero-order valence-electron chi connectivity index (χ0n) is 17.4. The molecule has 11 heteroatoms. The van der Waals surface area contributed by atoms with Crippen molar-refractivity contribution >= 4 is 56.9 Å². The van der Waals surface area contributed by atoms with Gasteiger partial charge >= 0.3 is 6.03 Å². The summed E-state index contributed by atoms with van der Waals surface area (Å²) < 4.78 is 6.90. The molecule has 2 aromatic heterocycles. The summed E-state index contributed by atoms with van der Waals surface area (Å²) in [5.41, 5.74) is 6.27. The number of nitrogens with zero attached hydrogens (tertiary/aromatic N) is 2. The fraction of sp³-hybridized carbons (Fsp3) is 0.333. The molecule has 3 amide bonds. The number of carbonyl (C=O) groups is 2. The van der Waals surface area contributed by atoms with Gasteiger partial charge in [0.15, 0.2) is 5.16 Å². The van der Waals surface area contributed by atoms with Crippen molar-refractivity contribution in [3.8, 4) is 11.4 Å². The second-order valence-electron chi connectivity index (χ2n) is 7.58. The molecule has 0 saturated carbocycles. The number of aromatic nitrogens is 2. The van der Waals surface area contributed by atoms with Crippen molar-refractivity contribution in [1.29, 1.82) is 0 Å². The Morgan fingerprint density at radius 1 is 1.44 bits per heavy atom. The van der Waals surface area contributed by atoms with Crippen LogP contribution in [0.2, 0.25) is 5.02 Å². The van der Waals surface area contributed by atoms with E-state index in [0.717, 1.165) is 36.6 Å². The smallest absolute Gasteiger partial charge is 0.318 e. The first-order valence-corrected chi connectivity index (χ1v) is 12.1. The van der Waals surface area contributed by atoms with Crippen LogP contribution >= 0.6 is 34.7 Å². The third-order valence-electron chi connectivity index (χ3n) is 5.28. The molecule has 0 spiro atoms. The number of urea groups is 1. The molecule has 4 rings (SSSR count). The summed E-state index contributed by atoms with van der Waals surface area (Å²) in [7, 11) is 1.50. The summed E-state index contributed by atoms with van der Waals surface area (Å²) in [6.07, 6.45) is 2.76. The van der Waals surface area contributed by atoms with Gasteiger partial charge in [0.2, 0.25) is 5.91 Å². The van der Waals surface area contributed by atoms with Gasteiger partial charge in [-0.05, 0) is 48.9 Å². The molecule has 0 saturated heterocycles. The highest BCUT2D eigenvalue weighted by molar-refractivity contribution is 7.99. The van der Waals surface area contributed by atoms with Crippen molar-refractivity contribution in [3.05, 3.63) is 44.0 Å². The summed E-state index contributed by atoms with van der Waals surface area (Å²) >= 11 is 8.79. The first-order chi connectivity index (χ1) is 15.3. The maximum Gasteiger partial charge on any atom is 0.318 e. The summed E-state index contributed by atoms with van der Waals surface area (Å²) in [6, 6.07) is 4.03. The normalized spacial score (nSPS) is 15.4. The number of hydrogen-bond donors (Lipinski definition) is 2. The van der Waals surface area contributed by atoms with Gasteiger partial charge in [-0.15, -0.1) is 11.3 Å². The summed E-state index contributed by atoms with van der Waals surface area (Å²) in [4.78, 5) is 43.4. The number of rotatable bonds is 5. The minimum atomic E-state index is -0.937. The molecule has 1 aromatic carbocycles. The van der Waals surface area contributed by atoms with Crippen LogP contribution in [0, 0.1) is 5.92 Å². The van der Waals surface area contributed by atoms with E-state index in [-0.39, 0.29) is 11.3 Å². The van der Waals surface area contributed by atoms with E-state index >= 15 is 0 Å². The van der Waals surface area contributed by atoms with Gasteiger partial charge in [0, 0.05) is 9.90 Å². The minimum absolute atomic E-state index is 0.147. The number of imide groups is 1. The Bertz CT molecular complexity index is 1290. The van der Waals surface area contributed by atoms with Crippen molar-refractivity contribution in [1.82, 2.24) is 14.9 Å². The zero-order chi connectivity index (χ0) is 23.0. The Morgan fingerprint density at radius 2 is 2.22 bits per heavy atom. The minimum Gasteiger partial charge on any atom is -0.495 e. The Morgan fingerprint density at radius 3 is 2.94 bits per heavy atom. The fourth-order valence-corrected chi connectivity index (χ4v) is 6.22. The number of carbonyl (C=O) groups excluding carboxylic acids is 2. The van der Waals surface area contributed by atoms with E-state index in [9.17, 15) is 14.4 Å². The summed E-state index contributed by atoms with van der Waals surface area (Å²) in [5, 5.41) is 3.35. The van der Waals surface area contributed by atoms with E-state index in [1.54, 1.807) is 18.2 Å². The van der Waals surface area contributed by atoms with E-state index in [2.05, 4.69) is 6.92 Å². The first kappa shape index (κ1) is 22.6. The van der Waals surface area contributed by atoms with Crippen LogP contribution in [0.3, 0.4) is 0 Å². The fourth-order valence-electron chi connectivity index (χ4n) is 3.82. The number of nitrogens with one attached hydrogen (secondary N) is 1. The molecule has 8 nitrogen and oxygen atoms in total. The Balaban J connectivity index is 1.91. The number of ether oxygens (including phenoxy) is 1. The highest BCUT2D eigenvalue weighted by Gasteiger charge is 2.26. The topological polar surface area (TPSA) is 116 Å². The molecule has 3 aromatic rings. The molecule has 0 unspecified atom stereocenters. The second kappa shape index (κ2) is 9.13. The lowest BCUT2D eigenvalue weighted by Crippen LogP contribution is -2.36. The van der Waals surface area contributed by atoms with Gasteiger partial charge in [0.25, 0.3) is 5.56 Å². The molecule has 0 radical (unpaired) electrons. The quantitative estimate of drug-likeness (QED) is 0.415. The maximum absolute atomic E-state index is 13.8. The number of benzene rings is 1. The van der Waals surface area contributed by atoms with Crippen LogP contribution < -0.4 is 21.3 Å². The van der Waals surface area contributed by atoms with Gasteiger partial charge in [0.1, 0.15) is 10.6 Å². The SMILES string of the molecule is COc1ccc(Cl)cc1-n1c(SCC(=O)NC(N)=O)nc2sc3c(c2c1=O)CC[C@@H](C)C3. The van der Waals surface area contributed by atoms with E-state index < -0.39 is 11.9 Å². The molecule has 2 heterocycles. The third kappa shape index (κ3) is 4.35. The summed E-state index contributed by atoms with van der Waals surface area (Å²) in [6.45, 7) is 2.20. The van der Waals surface area contributed by atoms with E-state index in [1.165, 1.54) is 27.9 Å². The number of thiophene rings is 1. The Hall–Kier alpha value is -2.56. The van der Waals surface area contributed by atoms with Crippen LogP contribution in [0.15, 0.2) is 28.2 Å². The lowest BCUT2D eigenvalue weighted by atomic mass is 9.89. The van der Waals surface area contributed by atoms with Gasteiger partial charge in [-0.25, -0.2) is 9.78 Å². The lowest BCUT2D eigenvalue weighted by molar-refractivity contribution is -0.117. The van der Waals surface area contributed by atoms with Gasteiger partial charge in [0.05, 0.1) is 23.9 Å². The number of nitrogens with two attached hydrogens (primary N) is 1. The van der Waals surface area contributed by atoms with Crippen LogP contribution in [-0.2, 0) is 17.6 Å². The highest BCUT2D eigenvalue weighted by Crippen LogP contribution is 2.37. The number of primary amides is 1. The van der Waals surface area contributed by atoms with Crippen LogP contribution in [0.25, 0.3) is 15.9 Å². The molecule has 168 valence electrons. The number of fused-ring (bicyclic) bond motifs is 3. The molecule has 0 bridgehead atoms. The van der Waals surface area contributed by atoms with Crippen molar-refractivity contribution in [2.45, 2.75) is 31.3 Å². The van der Waals surface area contributed by atoms with Crippen LogP contribution in [0.5, 0.6) is 5.75 Å². The van der Waals surface area contributed by atoms with E-state index in [4.69, 9.17) is 27.1 Å². The average Bonchev–Trinajstić information content (AvgIpc) is 3.09. The molecule has 32 heavy (non-hydrogen) atoms. The molecule has 1 aliphatic carbocycles. The van der Waals surface area contributed by atoms with Gasteiger partial charge in [-0.3, -0.25) is 19.5 Å². The second-order valence-corrected chi connectivity index (χ2v) is 10.0. The molecule has 1 atom stereocenters. The van der Waals surface area contributed by atoms with E-state index in [0.29, 0.717) is 37.8 Å². The third-order valence-corrected chi connectivity index (χ3v) is 7.60. The predicted molar refractivity (Wildman–Crippen MR) is 126 cm³/mol. The molecule has 3 N–H and O–H groups in total. The Kier molecular flexibility index (Phi) is 6.45. The first-order valence-electron chi connectivity index (χ1n) is 9.91.